The normalized spacial score (nSPS) is 12.5. The van der Waals surface area contributed by atoms with Gasteiger partial charge in [0, 0.05) is 39.3 Å². The first-order chi connectivity index (χ1) is 27.9. The van der Waals surface area contributed by atoms with Gasteiger partial charge in [-0.2, -0.15) is 5.26 Å². The van der Waals surface area contributed by atoms with Gasteiger partial charge in [-0.1, -0.05) is 141 Å². The molecular formula is C53H36N4. The Kier molecular flexibility index (Phi) is 8.17. The Hall–Kier alpha value is -7.48. The minimum absolute atomic E-state index is 0.225. The van der Waals surface area contributed by atoms with Crippen LogP contribution in [0.4, 0.5) is 0 Å². The quantitative estimate of drug-likeness (QED) is 0.171. The molecule has 7 aromatic carbocycles. The fourth-order valence-corrected chi connectivity index (χ4v) is 8.36. The molecule has 0 spiro atoms. The van der Waals surface area contributed by atoms with Crippen molar-refractivity contribution in [1.82, 2.24) is 15.0 Å². The van der Waals surface area contributed by atoms with E-state index in [2.05, 4.69) is 153 Å². The number of hydrogen-bond donors (Lipinski definition) is 0. The number of nitrogens with zero attached hydrogens (tertiary/aromatic N) is 4. The van der Waals surface area contributed by atoms with E-state index in [0.717, 1.165) is 72.4 Å². The third-order valence-corrected chi connectivity index (χ3v) is 11.4. The van der Waals surface area contributed by atoms with Crippen molar-refractivity contribution >= 4 is 10.9 Å². The van der Waals surface area contributed by atoms with E-state index >= 15 is 0 Å². The van der Waals surface area contributed by atoms with Gasteiger partial charge in [0.1, 0.15) is 0 Å². The number of nitriles is 1. The molecule has 0 saturated carbocycles. The number of aromatic nitrogens is 3. The van der Waals surface area contributed by atoms with Crippen LogP contribution in [0.15, 0.2) is 182 Å². The minimum Gasteiger partial charge on any atom is -0.256 e. The lowest BCUT2D eigenvalue weighted by molar-refractivity contribution is 0.660. The first-order valence-corrected chi connectivity index (χ1v) is 19.2. The lowest BCUT2D eigenvalue weighted by Gasteiger charge is -2.22. The van der Waals surface area contributed by atoms with Gasteiger partial charge in [-0.3, -0.25) is 4.98 Å². The SMILES string of the molecule is CC1(C)c2ccc(C#N)cc2-c2ccc(-c3cc(-c4cc(-c5ccc(-c6ccccc6)cc5)nc(-c5ccccc5)n4)cc(-c4cccc5cccnc45)c3)cc21. The highest BCUT2D eigenvalue weighted by atomic mass is 14.9. The largest absolute Gasteiger partial charge is 0.256 e. The van der Waals surface area contributed by atoms with Gasteiger partial charge in [0.05, 0.1) is 28.5 Å². The second-order valence-corrected chi connectivity index (χ2v) is 15.2. The van der Waals surface area contributed by atoms with Crippen LogP contribution in [0.3, 0.4) is 0 Å². The predicted molar refractivity (Wildman–Crippen MR) is 232 cm³/mol. The molecule has 0 unspecified atom stereocenters. The standard InChI is InChI=1S/C53H36N4/c1-53(2)47-25-18-34(33-54)27-46(47)45-24-23-40(31-48(45)53)41-28-42(44-17-9-15-38-16-10-26-55-51(38)44)30-43(29-41)50-32-49(56-52(57-50)39-13-7-4-8-14-39)37-21-19-36(20-22-37)35-11-5-3-6-12-35/h3-32H,1-2H3. The molecule has 0 radical (unpaired) electrons. The fraction of sp³-hybridized carbons (Fsp3) is 0.0566. The molecule has 0 N–H and O–H groups in total. The molecule has 10 rings (SSSR count). The van der Waals surface area contributed by atoms with Gasteiger partial charge in [0.25, 0.3) is 0 Å². The number of hydrogen-bond acceptors (Lipinski definition) is 4. The summed E-state index contributed by atoms with van der Waals surface area (Å²) in [5, 5.41) is 10.8. The van der Waals surface area contributed by atoms with Gasteiger partial charge in [-0.15, -0.1) is 0 Å². The molecule has 0 bridgehead atoms. The maximum atomic E-state index is 9.70. The minimum atomic E-state index is -0.225. The Balaban J connectivity index is 1.17. The topological polar surface area (TPSA) is 62.5 Å². The van der Waals surface area contributed by atoms with Crippen LogP contribution in [0, 0.1) is 11.3 Å². The van der Waals surface area contributed by atoms with Crippen LogP contribution in [-0.2, 0) is 5.41 Å². The molecule has 0 amide bonds. The van der Waals surface area contributed by atoms with Crippen LogP contribution in [0.2, 0.25) is 0 Å². The van der Waals surface area contributed by atoms with Crippen molar-refractivity contribution in [1.29, 1.82) is 5.26 Å². The fourth-order valence-electron chi connectivity index (χ4n) is 8.36. The number of pyridine rings is 1. The van der Waals surface area contributed by atoms with Crippen LogP contribution in [-0.4, -0.2) is 15.0 Å². The molecule has 1 aliphatic carbocycles. The highest BCUT2D eigenvalue weighted by Crippen LogP contribution is 2.50. The molecule has 0 aliphatic heterocycles. The molecule has 268 valence electrons. The van der Waals surface area contributed by atoms with Crippen LogP contribution >= 0.6 is 0 Å². The molecule has 9 aromatic rings. The van der Waals surface area contributed by atoms with Crippen LogP contribution in [0.1, 0.15) is 30.5 Å². The van der Waals surface area contributed by atoms with Crippen LogP contribution in [0.5, 0.6) is 0 Å². The Morgan fingerprint density at radius 1 is 0.439 bits per heavy atom. The third-order valence-electron chi connectivity index (χ3n) is 11.4. The molecular weight excluding hydrogens is 693 g/mol. The molecule has 0 atom stereocenters. The Labute approximate surface area is 332 Å². The van der Waals surface area contributed by atoms with Crippen molar-refractivity contribution < 1.29 is 0 Å². The van der Waals surface area contributed by atoms with Crippen molar-refractivity contribution in [3.05, 3.63) is 199 Å². The van der Waals surface area contributed by atoms with E-state index in [-0.39, 0.29) is 5.41 Å². The van der Waals surface area contributed by atoms with E-state index in [1.165, 1.54) is 22.3 Å². The summed E-state index contributed by atoms with van der Waals surface area (Å²) in [7, 11) is 0. The van der Waals surface area contributed by atoms with Crippen LogP contribution < -0.4 is 0 Å². The van der Waals surface area contributed by atoms with Gasteiger partial charge in [-0.05, 0) is 98.6 Å². The van der Waals surface area contributed by atoms with Crippen molar-refractivity contribution in [3.8, 4) is 84.5 Å². The lowest BCUT2D eigenvalue weighted by atomic mass is 9.81. The summed E-state index contributed by atoms with van der Waals surface area (Å²) < 4.78 is 0. The Morgan fingerprint density at radius 2 is 1.09 bits per heavy atom. The van der Waals surface area contributed by atoms with Gasteiger partial charge in [0.15, 0.2) is 5.82 Å². The maximum Gasteiger partial charge on any atom is 0.160 e. The Bertz CT molecular complexity index is 3030. The first kappa shape index (κ1) is 34.0. The van der Waals surface area contributed by atoms with E-state index < -0.39 is 0 Å². The van der Waals surface area contributed by atoms with E-state index in [4.69, 9.17) is 15.0 Å². The summed E-state index contributed by atoms with van der Waals surface area (Å²) in [5.74, 6) is 0.669. The molecule has 4 heteroatoms. The summed E-state index contributed by atoms with van der Waals surface area (Å²) >= 11 is 0. The average molecular weight is 729 g/mol. The smallest absolute Gasteiger partial charge is 0.160 e. The summed E-state index contributed by atoms with van der Waals surface area (Å²) in [4.78, 5) is 15.3. The lowest BCUT2D eigenvalue weighted by Crippen LogP contribution is -2.15. The summed E-state index contributed by atoms with van der Waals surface area (Å²) in [6.45, 7) is 4.55. The second-order valence-electron chi connectivity index (χ2n) is 15.2. The first-order valence-electron chi connectivity index (χ1n) is 19.2. The molecule has 4 nitrogen and oxygen atoms in total. The zero-order chi connectivity index (χ0) is 38.5. The molecule has 1 aliphatic rings. The summed E-state index contributed by atoms with van der Waals surface area (Å²) in [6, 6.07) is 63.8. The van der Waals surface area contributed by atoms with Crippen molar-refractivity contribution in [2.75, 3.05) is 0 Å². The van der Waals surface area contributed by atoms with Crippen molar-refractivity contribution in [3.63, 3.8) is 0 Å². The number of benzene rings is 7. The number of fused-ring (bicyclic) bond motifs is 4. The number of para-hydroxylation sites is 1. The van der Waals surface area contributed by atoms with Crippen LogP contribution in [0.25, 0.3) is 89.3 Å². The van der Waals surface area contributed by atoms with E-state index in [1.54, 1.807) is 0 Å². The zero-order valence-corrected chi connectivity index (χ0v) is 31.6. The average Bonchev–Trinajstić information content (AvgIpc) is 3.51. The van der Waals surface area contributed by atoms with Crippen molar-refractivity contribution in [2.24, 2.45) is 0 Å². The summed E-state index contributed by atoms with van der Waals surface area (Å²) in [6.07, 6.45) is 1.86. The highest BCUT2D eigenvalue weighted by molar-refractivity contribution is 5.96. The van der Waals surface area contributed by atoms with Gasteiger partial charge >= 0.3 is 0 Å². The van der Waals surface area contributed by atoms with Gasteiger partial charge in [0.2, 0.25) is 0 Å². The highest BCUT2D eigenvalue weighted by Gasteiger charge is 2.35. The molecule has 2 aromatic heterocycles. The molecule has 0 fully saturated rings. The second kappa shape index (κ2) is 13.7. The summed E-state index contributed by atoms with van der Waals surface area (Å²) in [5.41, 5.74) is 17.5. The van der Waals surface area contributed by atoms with Gasteiger partial charge < -0.3 is 0 Å². The maximum absolute atomic E-state index is 9.70. The zero-order valence-electron chi connectivity index (χ0n) is 31.6. The third kappa shape index (κ3) is 6.07. The molecule has 57 heavy (non-hydrogen) atoms. The van der Waals surface area contributed by atoms with Crippen molar-refractivity contribution in [2.45, 2.75) is 19.3 Å². The van der Waals surface area contributed by atoms with E-state index in [9.17, 15) is 5.26 Å². The predicted octanol–water partition coefficient (Wildman–Crippen LogP) is 13.2. The molecule has 2 heterocycles. The van der Waals surface area contributed by atoms with E-state index in [0.29, 0.717) is 11.4 Å². The monoisotopic (exact) mass is 728 g/mol. The van der Waals surface area contributed by atoms with E-state index in [1.807, 2.05) is 48.7 Å². The Morgan fingerprint density at radius 3 is 1.86 bits per heavy atom. The molecule has 0 saturated heterocycles. The number of rotatable bonds is 6. The van der Waals surface area contributed by atoms with Gasteiger partial charge in [-0.25, -0.2) is 9.97 Å².